The van der Waals surface area contributed by atoms with Gasteiger partial charge in [-0.05, 0) is 48.6 Å². The summed E-state index contributed by atoms with van der Waals surface area (Å²) in [6.07, 6.45) is 2.33. The molecule has 11 heteroatoms. The van der Waals surface area contributed by atoms with Crippen molar-refractivity contribution in [1.82, 2.24) is 24.0 Å². The number of hydrogen-bond donors (Lipinski definition) is 0. The Balaban J connectivity index is 1.57. The summed E-state index contributed by atoms with van der Waals surface area (Å²) in [6.45, 7) is 3.08. The molecule has 0 saturated carbocycles. The van der Waals surface area contributed by atoms with E-state index in [1.54, 1.807) is 21.7 Å². The Morgan fingerprint density at radius 1 is 1.22 bits per heavy atom. The molecule has 32 heavy (non-hydrogen) atoms. The molecule has 4 rings (SSSR count). The van der Waals surface area contributed by atoms with Crippen LogP contribution in [0.15, 0.2) is 41.8 Å². The molecule has 170 valence electrons. The predicted molar refractivity (Wildman–Crippen MR) is 121 cm³/mol. The highest BCUT2D eigenvalue weighted by atomic mass is 32.2. The number of thiophene rings is 1. The van der Waals surface area contributed by atoms with Crippen molar-refractivity contribution in [3.8, 4) is 16.4 Å². The molecule has 1 saturated heterocycles. The first-order chi connectivity index (χ1) is 15.3. The summed E-state index contributed by atoms with van der Waals surface area (Å²) in [6, 6.07) is 9.50. The highest BCUT2D eigenvalue weighted by Crippen LogP contribution is 2.27. The van der Waals surface area contributed by atoms with Gasteiger partial charge in [0.2, 0.25) is 15.8 Å². The first kappa shape index (κ1) is 22.6. The molecule has 0 radical (unpaired) electrons. The molecule has 0 N–H and O–H groups in total. The lowest BCUT2D eigenvalue weighted by Crippen LogP contribution is -2.48. The molecule has 0 unspecified atom stereocenters. The van der Waals surface area contributed by atoms with Crippen LogP contribution in [0.5, 0.6) is 0 Å². The normalized spacial score (nSPS) is 15.4. The molecular weight excluding hydrogens is 453 g/mol. The zero-order valence-electron chi connectivity index (χ0n) is 17.8. The lowest BCUT2D eigenvalue weighted by molar-refractivity contribution is 0.0668. The molecule has 0 bridgehead atoms. The molecule has 3 heterocycles. The van der Waals surface area contributed by atoms with E-state index < -0.39 is 10.0 Å². The SMILES string of the molecule is CCN(C1CCN(C(=O)c2nc(-c3cccs3)n(-c3ccc(F)cc3)n2)CC1)S(C)(=O)=O. The maximum absolute atomic E-state index is 13.4. The van der Waals surface area contributed by atoms with Gasteiger partial charge in [-0.2, -0.15) is 4.31 Å². The van der Waals surface area contributed by atoms with Crippen LogP contribution in [0.1, 0.15) is 30.4 Å². The summed E-state index contributed by atoms with van der Waals surface area (Å²) in [5.74, 6) is -0.0869. The molecule has 0 aliphatic carbocycles. The van der Waals surface area contributed by atoms with E-state index >= 15 is 0 Å². The number of halogens is 1. The average molecular weight is 478 g/mol. The number of hydrogen-bond acceptors (Lipinski definition) is 6. The Hall–Kier alpha value is -2.63. The molecule has 8 nitrogen and oxygen atoms in total. The zero-order valence-corrected chi connectivity index (χ0v) is 19.4. The van der Waals surface area contributed by atoms with Gasteiger partial charge in [-0.1, -0.05) is 13.0 Å². The van der Waals surface area contributed by atoms with Gasteiger partial charge in [-0.3, -0.25) is 4.79 Å². The van der Waals surface area contributed by atoms with E-state index in [2.05, 4.69) is 10.1 Å². The monoisotopic (exact) mass is 477 g/mol. The van der Waals surface area contributed by atoms with E-state index in [1.165, 1.54) is 34.0 Å². The number of piperidine rings is 1. The Morgan fingerprint density at radius 3 is 2.47 bits per heavy atom. The maximum Gasteiger partial charge on any atom is 0.293 e. The van der Waals surface area contributed by atoms with Gasteiger partial charge in [0.25, 0.3) is 5.91 Å². The highest BCUT2D eigenvalue weighted by molar-refractivity contribution is 7.88. The predicted octanol–water partition coefficient (Wildman–Crippen LogP) is 3.02. The van der Waals surface area contributed by atoms with E-state index in [-0.39, 0.29) is 23.6 Å². The minimum atomic E-state index is -3.29. The summed E-state index contributed by atoms with van der Waals surface area (Å²) < 4.78 is 40.5. The number of amides is 1. The standard InChI is InChI=1S/C21H24FN5O3S2/c1-3-26(32(2,29)30)16-10-12-25(13-11-16)21(28)19-23-20(18-5-4-14-31-18)27(24-19)17-8-6-15(22)7-9-17/h4-9,14,16H,3,10-13H2,1-2H3. The number of carbonyl (C=O) groups is 1. The molecule has 1 aliphatic rings. The van der Waals surface area contributed by atoms with Gasteiger partial charge in [0.1, 0.15) is 5.82 Å². The molecule has 3 aromatic rings. The van der Waals surface area contributed by atoms with Gasteiger partial charge < -0.3 is 4.90 Å². The fraction of sp³-hybridized carbons (Fsp3) is 0.381. The van der Waals surface area contributed by atoms with Crippen LogP contribution in [0.3, 0.4) is 0 Å². The van der Waals surface area contributed by atoms with Gasteiger partial charge in [-0.15, -0.1) is 16.4 Å². The van der Waals surface area contributed by atoms with E-state index in [4.69, 9.17) is 0 Å². The van der Waals surface area contributed by atoms with Crippen molar-refractivity contribution in [1.29, 1.82) is 0 Å². The lowest BCUT2D eigenvalue weighted by Gasteiger charge is -2.36. The number of likely N-dealkylation sites (tertiary alicyclic amines) is 1. The van der Waals surface area contributed by atoms with E-state index in [0.717, 1.165) is 4.88 Å². The summed E-state index contributed by atoms with van der Waals surface area (Å²) in [5.41, 5.74) is 0.604. The van der Waals surface area contributed by atoms with Crippen LogP contribution >= 0.6 is 11.3 Å². The molecular formula is C21H24FN5O3S2. The molecule has 1 aliphatic heterocycles. The van der Waals surface area contributed by atoms with Crippen LogP contribution in [0.4, 0.5) is 4.39 Å². The van der Waals surface area contributed by atoms with Crippen LogP contribution in [-0.4, -0.2) is 70.2 Å². The number of rotatable bonds is 6. The Bertz CT molecular complexity index is 1180. The third kappa shape index (κ3) is 4.59. The summed E-state index contributed by atoms with van der Waals surface area (Å²) in [4.78, 5) is 20.2. The van der Waals surface area contributed by atoms with Crippen molar-refractivity contribution in [2.24, 2.45) is 0 Å². The van der Waals surface area contributed by atoms with Crippen molar-refractivity contribution in [3.63, 3.8) is 0 Å². The van der Waals surface area contributed by atoms with Gasteiger partial charge in [0.05, 0.1) is 16.8 Å². The average Bonchev–Trinajstić information content (AvgIpc) is 3.44. The summed E-state index contributed by atoms with van der Waals surface area (Å²) in [7, 11) is -3.29. The Labute approximate surface area is 190 Å². The number of benzene rings is 1. The zero-order chi connectivity index (χ0) is 22.9. The Kier molecular flexibility index (Phi) is 6.40. The first-order valence-corrected chi connectivity index (χ1v) is 13.0. The largest absolute Gasteiger partial charge is 0.336 e. The van der Waals surface area contributed by atoms with Crippen molar-refractivity contribution in [3.05, 3.63) is 53.4 Å². The van der Waals surface area contributed by atoms with E-state index in [0.29, 0.717) is 44.0 Å². The van der Waals surface area contributed by atoms with Gasteiger partial charge in [-0.25, -0.2) is 22.5 Å². The minimum Gasteiger partial charge on any atom is -0.336 e. The van der Waals surface area contributed by atoms with Crippen molar-refractivity contribution in [2.75, 3.05) is 25.9 Å². The van der Waals surface area contributed by atoms with Crippen LogP contribution in [0, 0.1) is 5.82 Å². The van der Waals surface area contributed by atoms with Crippen LogP contribution in [0.25, 0.3) is 16.4 Å². The highest BCUT2D eigenvalue weighted by Gasteiger charge is 2.32. The van der Waals surface area contributed by atoms with Crippen LogP contribution in [-0.2, 0) is 10.0 Å². The van der Waals surface area contributed by atoms with Crippen molar-refractivity contribution >= 4 is 27.3 Å². The number of carbonyl (C=O) groups excluding carboxylic acids is 1. The Morgan fingerprint density at radius 2 is 1.91 bits per heavy atom. The van der Waals surface area contributed by atoms with Crippen LogP contribution < -0.4 is 0 Å². The maximum atomic E-state index is 13.4. The lowest BCUT2D eigenvalue weighted by atomic mass is 10.0. The fourth-order valence-corrected chi connectivity index (χ4v) is 5.91. The summed E-state index contributed by atoms with van der Waals surface area (Å²) >= 11 is 1.47. The molecule has 1 amide bonds. The third-order valence-electron chi connectivity index (χ3n) is 5.51. The number of sulfonamides is 1. The topological polar surface area (TPSA) is 88.4 Å². The minimum absolute atomic E-state index is 0.0617. The summed E-state index contributed by atoms with van der Waals surface area (Å²) in [5, 5.41) is 6.35. The smallest absolute Gasteiger partial charge is 0.293 e. The fourth-order valence-electron chi connectivity index (χ4n) is 3.99. The van der Waals surface area contributed by atoms with Gasteiger partial charge >= 0.3 is 0 Å². The van der Waals surface area contributed by atoms with E-state index in [1.807, 2.05) is 24.4 Å². The van der Waals surface area contributed by atoms with Crippen molar-refractivity contribution in [2.45, 2.75) is 25.8 Å². The molecule has 2 aromatic heterocycles. The molecule has 1 aromatic carbocycles. The molecule has 1 fully saturated rings. The second kappa shape index (κ2) is 9.08. The second-order valence-corrected chi connectivity index (χ2v) is 10.5. The van der Waals surface area contributed by atoms with Crippen molar-refractivity contribution < 1.29 is 17.6 Å². The van der Waals surface area contributed by atoms with Crippen LogP contribution in [0.2, 0.25) is 0 Å². The third-order valence-corrected chi connectivity index (χ3v) is 7.78. The first-order valence-electron chi connectivity index (χ1n) is 10.3. The quantitative estimate of drug-likeness (QED) is 0.545. The molecule has 0 atom stereocenters. The van der Waals surface area contributed by atoms with Gasteiger partial charge in [0, 0.05) is 25.7 Å². The number of aromatic nitrogens is 3. The second-order valence-electron chi connectivity index (χ2n) is 7.61. The van der Waals surface area contributed by atoms with Gasteiger partial charge in [0.15, 0.2) is 5.82 Å². The molecule has 0 spiro atoms. The number of nitrogens with zero attached hydrogens (tertiary/aromatic N) is 5. The van der Waals surface area contributed by atoms with E-state index in [9.17, 15) is 17.6 Å².